The molecule has 0 heterocycles. The molecule has 0 aromatic heterocycles. The number of sulfonamides is 1. The number of benzene rings is 1. The normalized spacial score (nSPS) is 23.6. The summed E-state index contributed by atoms with van der Waals surface area (Å²) in [5.74, 6) is 1.23. The average molecular weight is 297 g/mol. The summed E-state index contributed by atoms with van der Waals surface area (Å²) in [5, 5.41) is 9.60. The number of hydrogen-bond donors (Lipinski definition) is 2. The first kappa shape index (κ1) is 15.3. The predicted octanol–water partition coefficient (Wildman–Crippen LogP) is 2.89. The van der Waals surface area contributed by atoms with Crippen molar-refractivity contribution >= 4 is 10.0 Å². The quantitative estimate of drug-likeness (QED) is 0.878. The molecular weight excluding hydrogens is 274 g/mol. The van der Waals surface area contributed by atoms with Gasteiger partial charge in [-0.3, -0.25) is 0 Å². The van der Waals surface area contributed by atoms with Crippen LogP contribution in [0.2, 0.25) is 0 Å². The SMILES string of the molecule is CC1CCC(CCNS(=O)(=O)c2ccccc2O)CC1. The third kappa shape index (κ3) is 3.96. The fourth-order valence-electron chi connectivity index (χ4n) is 2.78. The van der Waals surface area contributed by atoms with E-state index in [-0.39, 0.29) is 10.6 Å². The van der Waals surface area contributed by atoms with E-state index >= 15 is 0 Å². The largest absolute Gasteiger partial charge is 0.507 e. The molecule has 0 unspecified atom stereocenters. The summed E-state index contributed by atoms with van der Waals surface area (Å²) < 4.78 is 26.7. The molecule has 0 atom stereocenters. The molecule has 0 aliphatic heterocycles. The molecule has 2 N–H and O–H groups in total. The molecular formula is C15H23NO3S. The lowest BCUT2D eigenvalue weighted by Crippen LogP contribution is -2.27. The molecule has 0 spiro atoms. The fraction of sp³-hybridized carbons (Fsp3) is 0.600. The zero-order chi connectivity index (χ0) is 14.6. The highest BCUT2D eigenvalue weighted by Crippen LogP contribution is 2.30. The van der Waals surface area contributed by atoms with Gasteiger partial charge in [0.05, 0.1) is 0 Å². The molecule has 0 saturated heterocycles. The standard InChI is InChI=1S/C15H23NO3S/c1-12-6-8-13(9-7-12)10-11-16-20(18,19)15-5-3-2-4-14(15)17/h2-5,12-13,16-17H,6-11H2,1H3. The second kappa shape index (κ2) is 6.59. The van der Waals surface area contributed by atoms with E-state index in [1.165, 1.54) is 37.8 Å². The highest BCUT2D eigenvalue weighted by molar-refractivity contribution is 7.89. The van der Waals surface area contributed by atoms with Gasteiger partial charge in [-0.1, -0.05) is 44.7 Å². The van der Waals surface area contributed by atoms with Gasteiger partial charge < -0.3 is 5.11 Å². The molecule has 0 radical (unpaired) electrons. The van der Waals surface area contributed by atoms with Gasteiger partial charge in [0, 0.05) is 6.54 Å². The van der Waals surface area contributed by atoms with Crippen LogP contribution in [0.3, 0.4) is 0 Å². The van der Waals surface area contributed by atoms with Crippen LogP contribution in [0.5, 0.6) is 5.75 Å². The third-order valence-corrected chi connectivity index (χ3v) is 5.64. The lowest BCUT2D eigenvalue weighted by molar-refractivity contribution is 0.278. The zero-order valence-electron chi connectivity index (χ0n) is 11.9. The Kier molecular flexibility index (Phi) is 5.05. The van der Waals surface area contributed by atoms with Crippen LogP contribution in [0.15, 0.2) is 29.2 Å². The maximum atomic E-state index is 12.1. The van der Waals surface area contributed by atoms with E-state index in [1.807, 2.05) is 0 Å². The maximum absolute atomic E-state index is 12.1. The van der Waals surface area contributed by atoms with Gasteiger partial charge in [-0.2, -0.15) is 0 Å². The Morgan fingerprint density at radius 3 is 2.50 bits per heavy atom. The van der Waals surface area contributed by atoms with Crippen molar-refractivity contribution in [2.75, 3.05) is 6.54 Å². The first-order valence-electron chi connectivity index (χ1n) is 7.26. The molecule has 0 amide bonds. The van der Waals surface area contributed by atoms with Gasteiger partial charge >= 0.3 is 0 Å². The van der Waals surface area contributed by atoms with Gasteiger partial charge in [0.15, 0.2) is 0 Å². The van der Waals surface area contributed by atoms with E-state index in [4.69, 9.17) is 0 Å². The van der Waals surface area contributed by atoms with Crippen molar-refractivity contribution in [3.05, 3.63) is 24.3 Å². The van der Waals surface area contributed by atoms with Crippen molar-refractivity contribution in [1.82, 2.24) is 4.72 Å². The van der Waals surface area contributed by atoms with E-state index < -0.39 is 10.0 Å². The second-order valence-electron chi connectivity index (χ2n) is 5.78. The van der Waals surface area contributed by atoms with Crippen LogP contribution in [-0.2, 0) is 10.0 Å². The molecule has 1 aromatic rings. The topological polar surface area (TPSA) is 66.4 Å². The van der Waals surface area contributed by atoms with Crippen LogP contribution in [-0.4, -0.2) is 20.1 Å². The van der Waals surface area contributed by atoms with Gasteiger partial charge in [0.25, 0.3) is 0 Å². The second-order valence-corrected chi connectivity index (χ2v) is 7.52. The molecule has 112 valence electrons. The number of rotatable bonds is 5. The van der Waals surface area contributed by atoms with Gasteiger partial charge in [-0.25, -0.2) is 13.1 Å². The lowest BCUT2D eigenvalue weighted by atomic mass is 9.81. The summed E-state index contributed by atoms with van der Waals surface area (Å²) in [6, 6.07) is 6.02. The molecule has 0 bridgehead atoms. The molecule has 1 aliphatic rings. The molecule has 1 aromatic carbocycles. The smallest absolute Gasteiger partial charge is 0.244 e. The Morgan fingerprint density at radius 2 is 1.85 bits per heavy atom. The monoisotopic (exact) mass is 297 g/mol. The Hall–Kier alpha value is -1.07. The van der Waals surface area contributed by atoms with E-state index in [9.17, 15) is 13.5 Å². The average Bonchev–Trinajstić information content (AvgIpc) is 2.41. The minimum absolute atomic E-state index is 0.0442. The molecule has 1 saturated carbocycles. The van der Waals surface area contributed by atoms with Gasteiger partial charge in [-0.05, 0) is 30.4 Å². The highest BCUT2D eigenvalue weighted by Gasteiger charge is 2.20. The lowest BCUT2D eigenvalue weighted by Gasteiger charge is -2.26. The zero-order valence-corrected chi connectivity index (χ0v) is 12.7. The number of phenolic OH excluding ortho intramolecular Hbond substituents is 1. The van der Waals surface area contributed by atoms with Crippen molar-refractivity contribution in [3.63, 3.8) is 0 Å². The van der Waals surface area contributed by atoms with Crippen molar-refractivity contribution in [2.45, 2.75) is 43.9 Å². The summed E-state index contributed by atoms with van der Waals surface area (Å²) in [5.41, 5.74) is 0. The molecule has 4 nitrogen and oxygen atoms in total. The number of hydrogen-bond acceptors (Lipinski definition) is 3. The summed E-state index contributed by atoms with van der Waals surface area (Å²) in [7, 11) is -3.60. The van der Waals surface area contributed by atoms with Crippen LogP contribution in [0.25, 0.3) is 0 Å². The van der Waals surface area contributed by atoms with E-state index in [1.54, 1.807) is 12.1 Å². The third-order valence-electron chi connectivity index (χ3n) is 4.13. The Bertz CT molecular complexity index is 534. The summed E-state index contributed by atoms with van der Waals surface area (Å²) in [4.78, 5) is -0.0442. The molecule has 20 heavy (non-hydrogen) atoms. The Morgan fingerprint density at radius 1 is 1.20 bits per heavy atom. The minimum atomic E-state index is -3.60. The van der Waals surface area contributed by atoms with Crippen molar-refractivity contribution in [1.29, 1.82) is 0 Å². The first-order valence-corrected chi connectivity index (χ1v) is 8.75. The van der Waals surface area contributed by atoms with Gasteiger partial charge in [0.1, 0.15) is 10.6 Å². The van der Waals surface area contributed by atoms with Crippen LogP contribution in [0.1, 0.15) is 39.0 Å². The Balaban J connectivity index is 1.86. The highest BCUT2D eigenvalue weighted by atomic mass is 32.2. The predicted molar refractivity (Wildman–Crippen MR) is 79.0 cm³/mol. The van der Waals surface area contributed by atoms with Crippen molar-refractivity contribution < 1.29 is 13.5 Å². The van der Waals surface area contributed by atoms with Crippen LogP contribution >= 0.6 is 0 Å². The summed E-state index contributed by atoms with van der Waals surface area (Å²) in [6.45, 7) is 2.72. The van der Waals surface area contributed by atoms with Gasteiger partial charge in [-0.15, -0.1) is 0 Å². The van der Waals surface area contributed by atoms with Crippen LogP contribution in [0.4, 0.5) is 0 Å². The number of nitrogens with one attached hydrogen (secondary N) is 1. The van der Waals surface area contributed by atoms with E-state index in [0.29, 0.717) is 12.5 Å². The fourth-order valence-corrected chi connectivity index (χ4v) is 3.92. The van der Waals surface area contributed by atoms with Crippen LogP contribution < -0.4 is 4.72 Å². The molecule has 1 fully saturated rings. The summed E-state index contributed by atoms with van der Waals surface area (Å²) >= 11 is 0. The van der Waals surface area contributed by atoms with Crippen LogP contribution in [0, 0.1) is 11.8 Å². The minimum Gasteiger partial charge on any atom is -0.507 e. The Labute approximate surface area is 121 Å². The summed E-state index contributed by atoms with van der Waals surface area (Å²) in [6.07, 6.45) is 5.76. The number of phenols is 1. The van der Waals surface area contributed by atoms with E-state index in [0.717, 1.165) is 12.3 Å². The molecule has 1 aliphatic carbocycles. The van der Waals surface area contributed by atoms with Crippen molar-refractivity contribution in [2.24, 2.45) is 11.8 Å². The van der Waals surface area contributed by atoms with Gasteiger partial charge in [0.2, 0.25) is 10.0 Å². The molecule has 2 rings (SSSR count). The van der Waals surface area contributed by atoms with E-state index in [2.05, 4.69) is 11.6 Å². The number of para-hydroxylation sites is 1. The number of aromatic hydroxyl groups is 1. The van der Waals surface area contributed by atoms with Crippen molar-refractivity contribution in [3.8, 4) is 5.75 Å². The first-order chi connectivity index (χ1) is 9.49. The maximum Gasteiger partial charge on any atom is 0.244 e. The molecule has 5 heteroatoms.